The Balaban J connectivity index is 1.73. The number of hydrogen-bond donors (Lipinski definition) is 1. The van der Waals surface area contributed by atoms with Crippen LogP contribution in [-0.2, 0) is 4.74 Å². The zero-order valence-corrected chi connectivity index (χ0v) is 10.4. The first-order valence-corrected chi connectivity index (χ1v) is 6.35. The highest BCUT2D eigenvalue weighted by atomic mass is 16.5. The van der Waals surface area contributed by atoms with Gasteiger partial charge in [0.1, 0.15) is 5.69 Å². The molecule has 1 aromatic rings. The molecule has 2 saturated heterocycles. The normalized spacial score (nSPS) is 26.2. The first-order chi connectivity index (χ1) is 8.76. The van der Waals surface area contributed by atoms with Gasteiger partial charge in [0.2, 0.25) is 0 Å². The molecule has 2 bridgehead atoms. The Labute approximate surface area is 106 Å². The minimum atomic E-state index is 0.0119. The number of carbonyl (C=O) groups excluding carboxylic acids is 1. The van der Waals surface area contributed by atoms with Crippen molar-refractivity contribution in [2.24, 2.45) is 0 Å². The molecule has 3 heterocycles. The van der Waals surface area contributed by atoms with Crippen LogP contribution >= 0.6 is 0 Å². The number of ether oxygens (including phenoxy) is 1. The number of likely N-dealkylation sites (tertiary alicyclic amines) is 1. The molecule has 0 aromatic carbocycles. The van der Waals surface area contributed by atoms with Gasteiger partial charge in [0.05, 0.1) is 24.1 Å². The Hall–Kier alpha value is -1.62. The summed E-state index contributed by atoms with van der Waals surface area (Å²) in [7, 11) is 1.83. The number of pyridine rings is 1. The molecule has 0 aliphatic carbocycles. The van der Waals surface area contributed by atoms with E-state index in [1.54, 1.807) is 12.3 Å². The van der Waals surface area contributed by atoms with E-state index in [4.69, 9.17) is 4.74 Å². The zero-order valence-electron chi connectivity index (χ0n) is 10.4. The summed E-state index contributed by atoms with van der Waals surface area (Å²) in [5.41, 5.74) is 1.42. The molecule has 2 fully saturated rings. The molecule has 18 heavy (non-hydrogen) atoms. The second-order valence-electron chi connectivity index (χ2n) is 4.85. The molecule has 2 aliphatic rings. The highest BCUT2D eigenvalue weighted by molar-refractivity contribution is 5.92. The highest BCUT2D eigenvalue weighted by Crippen LogP contribution is 2.26. The lowest BCUT2D eigenvalue weighted by molar-refractivity contribution is -0.0305. The van der Waals surface area contributed by atoms with Crippen molar-refractivity contribution in [2.45, 2.75) is 25.0 Å². The lowest BCUT2D eigenvalue weighted by Gasteiger charge is -2.31. The van der Waals surface area contributed by atoms with E-state index in [2.05, 4.69) is 10.3 Å². The van der Waals surface area contributed by atoms with Crippen molar-refractivity contribution in [1.82, 2.24) is 9.88 Å². The van der Waals surface area contributed by atoms with Gasteiger partial charge in [-0.15, -0.1) is 0 Å². The standard InChI is InChI=1S/C13H17N3O2/c1-14-9-2-5-12(15-6-9)13(17)16-7-10-3-4-11(8-16)18-10/h2,5-6,10-11,14H,3-4,7-8H2,1H3. The van der Waals surface area contributed by atoms with Crippen molar-refractivity contribution in [3.63, 3.8) is 0 Å². The molecule has 3 rings (SSSR count). The maximum Gasteiger partial charge on any atom is 0.272 e. The van der Waals surface area contributed by atoms with Crippen molar-refractivity contribution in [2.75, 3.05) is 25.5 Å². The van der Waals surface area contributed by atoms with Gasteiger partial charge < -0.3 is 15.0 Å². The number of aromatic nitrogens is 1. The van der Waals surface area contributed by atoms with E-state index in [1.807, 2.05) is 18.0 Å². The molecule has 0 saturated carbocycles. The lowest BCUT2D eigenvalue weighted by Crippen LogP contribution is -2.46. The average molecular weight is 247 g/mol. The number of morpholine rings is 1. The maximum absolute atomic E-state index is 12.3. The number of fused-ring (bicyclic) bond motifs is 2. The SMILES string of the molecule is CNc1ccc(C(=O)N2CC3CCC(C2)O3)nc1. The summed E-state index contributed by atoms with van der Waals surface area (Å²) in [6.07, 6.45) is 4.28. The first-order valence-electron chi connectivity index (χ1n) is 6.35. The van der Waals surface area contributed by atoms with E-state index in [-0.39, 0.29) is 18.1 Å². The van der Waals surface area contributed by atoms with Crippen LogP contribution in [0.5, 0.6) is 0 Å². The van der Waals surface area contributed by atoms with E-state index in [9.17, 15) is 4.79 Å². The fourth-order valence-corrected chi connectivity index (χ4v) is 2.61. The fourth-order valence-electron chi connectivity index (χ4n) is 2.61. The number of anilines is 1. The van der Waals surface area contributed by atoms with Crippen molar-refractivity contribution >= 4 is 11.6 Å². The van der Waals surface area contributed by atoms with E-state index < -0.39 is 0 Å². The fraction of sp³-hybridized carbons (Fsp3) is 0.538. The van der Waals surface area contributed by atoms with Gasteiger partial charge in [-0.05, 0) is 25.0 Å². The summed E-state index contributed by atoms with van der Waals surface area (Å²) in [5, 5.41) is 2.99. The number of hydrogen-bond acceptors (Lipinski definition) is 4. The van der Waals surface area contributed by atoms with E-state index in [0.717, 1.165) is 18.5 Å². The maximum atomic E-state index is 12.3. The third-order valence-electron chi connectivity index (χ3n) is 3.60. The summed E-state index contributed by atoms with van der Waals surface area (Å²) in [6, 6.07) is 3.64. The van der Waals surface area contributed by atoms with Crippen molar-refractivity contribution in [1.29, 1.82) is 0 Å². The van der Waals surface area contributed by atoms with Crippen LogP contribution in [0.1, 0.15) is 23.3 Å². The van der Waals surface area contributed by atoms with Crippen LogP contribution in [0.2, 0.25) is 0 Å². The molecule has 96 valence electrons. The number of nitrogens with one attached hydrogen (secondary N) is 1. The van der Waals surface area contributed by atoms with Gasteiger partial charge in [-0.2, -0.15) is 0 Å². The zero-order chi connectivity index (χ0) is 12.5. The van der Waals surface area contributed by atoms with Crippen molar-refractivity contribution in [3.8, 4) is 0 Å². The quantitative estimate of drug-likeness (QED) is 0.851. The molecule has 1 N–H and O–H groups in total. The largest absolute Gasteiger partial charge is 0.387 e. The van der Waals surface area contributed by atoms with Gasteiger partial charge in [-0.1, -0.05) is 0 Å². The van der Waals surface area contributed by atoms with Crippen molar-refractivity contribution < 1.29 is 9.53 Å². The molecular formula is C13H17N3O2. The van der Waals surface area contributed by atoms with Gasteiger partial charge in [0.25, 0.3) is 5.91 Å². The first kappa shape index (κ1) is 11.5. The Kier molecular flexibility index (Phi) is 2.91. The molecule has 5 heteroatoms. The van der Waals surface area contributed by atoms with E-state index in [1.165, 1.54) is 0 Å². The van der Waals surface area contributed by atoms with Crippen LogP contribution in [0, 0.1) is 0 Å². The van der Waals surface area contributed by atoms with E-state index >= 15 is 0 Å². The van der Waals surface area contributed by atoms with Crippen molar-refractivity contribution in [3.05, 3.63) is 24.0 Å². The lowest BCUT2D eigenvalue weighted by atomic mass is 10.2. The van der Waals surface area contributed by atoms with E-state index in [0.29, 0.717) is 18.8 Å². The third kappa shape index (κ3) is 2.06. The molecule has 2 atom stereocenters. The molecule has 0 radical (unpaired) electrons. The molecule has 2 aliphatic heterocycles. The highest BCUT2D eigenvalue weighted by Gasteiger charge is 2.36. The third-order valence-corrected chi connectivity index (χ3v) is 3.60. The number of amides is 1. The van der Waals surface area contributed by atoms with Gasteiger partial charge in [0.15, 0.2) is 0 Å². The Morgan fingerprint density at radius 2 is 2.11 bits per heavy atom. The molecule has 2 unspecified atom stereocenters. The van der Waals surface area contributed by atoms with Crippen LogP contribution in [0.4, 0.5) is 5.69 Å². The van der Waals surface area contributed by atoms with Gasteiger partial charge in [-0.25, -0.2) is 4.98 Å². The van der Waals surface area contributed by atoms with Crippen LogP contribution in [0.3, 0.4) is 0 Å². The average Bonchev–Trinajstić information content (AvgIpc) is 2.77. The second kappa shape index (κ2) is 4.57. The molecular weight excluding hydrogens is 230 g/mol. The van der Waals surface area contributed by atoms with Gasteiger partial charge in [-0.3, -0.25) is 4.79 Å². The number of nitrogens with zero attached hydrogens (tertiary/aromatic N) is 2. The second-order valence-corrected chi connectivity index (χ2v) is 4.85. The summed E-state index contributed by atoms with van der Waals surface area (Å²) < 4.78 is 5.73. The molecule has 1 amide bonds. The van der Waals surface area contributed by atoms with Crippen LogP contribution in [-0.4, -0.2) is 48.1 Å². The van der Waals surface area contributed by atoms with Crippen LogP contribution < -0.4 is 5.32 Å². The number of carbonyl (C=O) groups is 1. The summed E-state index contributed by atoms with van der Waals surface area (Å²) in [5.74, 6) is 0.0119. The minimum Gasteiger partial charge on any atom is -0.387 e. The predicted molar refractivity (Wildman–Crippen MR) is 67.6 cm³/mol. The Morgan fingerprint density at radius 1 is 1.39 bits per heavy atom. The molecule has 0 spiro atoms. The summed E-state index contributed by atoms with van der Waals surface area (Å²) >= 11 is 0. The van der Waals surface area contributed by atoms with Crippen LogP contribution in [0.15, 0.2) is 18.3 Å². The van der Waals surface area contributed by atoms with Gasteiger partial charge >= 0.3 is 0 Å². The Bertz CT molecular complexity index is 434. The number of rotatable bonds is 2. The monoisotopic (exact) mass is 247 g/mol. The molecule has 1 aromatic heterocycles. The summed E-state index contributed by atoms with van der Waals surface area (Å²) in [4.78, 5) is 18.4. The topological polar surface area (TPSA) is 54.5 Å². The Morgan fingerprint density at radius 3 is 2.67 bits per heavy atom. The minimum absolute atomic E-state index is 0.0119. The van der Waals surface area contributed by atoms with Crippen LogP contribution in [0.25, 0.3) is 0 Å². The smallest absolute Gasteiger partial charge is 0.272 e. The molecule has 5 nitrogen and oxygen atoms in total. The predicted octanol–water partition coefficient (Wildman–Crippen LogP) is 1.13. The van der Waals surface area contributed by atoms with Gasteiger partial charge in [0, 0.05) is 20.1 Å². The summed E-state index contributed by atoms with van der Waals surface area (Å²) in [6.45, 7) is 1.40.